The molecule has 1 aromatic rings. The summed E-state index contributed by atoms with van der Waals surface area (Å²) in [5.74, 6) is 7.09. The van der Waals surface area contributed by atoms with Crippen molar-refractivity contribution in [3.63, 3.8) is 0 Å². The van der Waals surface area contributed by atoms with Gasteiger partial charge in [-0.25, -0.2) is 0 Å². The smallest absolute Gasteiger partial charge is 0.119 e. The van der Waals surface area contributed by atoms with Crippen LogP contribution in [0.3, 0.4) is 0 Å². The van der Waals surface area contributed by atoms with E-state index >= 15 is 0 Å². The van der Waals surface area contributed by atoms with E-state index < -0.39 is 0 Å². The third kappa shape index (κ3) is 2.83. The summed E-state index contributed by atoms with van der Waals surface area (Å²) in [7, 11) is 0. The van der Waals surface area contributed by atoms with Crippen molar-refractivity contribution < 1.29 is 9.47 Å². The first-order chi connectivity index (χ1) is 8.76. The molecular weight excluding hydrogens is 228 g/mol. The standard InChI is InChI=1S/C14H22N2O2/c1-3-17-12-6-4-5-11(9-12)13(16-15)14-10(2)7-8-18-14/h4-6,9-10,13-14,16H,3,7-8,15H2,1-2H3. The second kappa shape index (κ2) is 6.18. The van der Waals surface area contributed by atoms with Gasteiger partial charge in [-0.3, -0.25) is 11.3 Å². The lowest BCUT2D eigenvalue weighted by atomic mass is 9.93. The van der Waals surface area contributed by atoms with Gasteiger partial charge in [0.2, 0.25) is 0 Å². The molecule has 1 aliphatic heterocycles. The summed E-state index contributed by atoms with van der Waals surface area (Å²) in [6.45, 7) is 5.66. The fourth-order valence-electron chi connectivity index (χ4n) is 2.49. The van der Waals surface area contributed by atoms with Gasteiger partial charge < -0.3 is 9.47 Å². The van der Waals surface area contributed by atoms with Crippen molar-refractivity contribution in [3.05, 3.63) is 29.8 Å². The zero-order chi connectivity index (χ0) is 13.0. The van der Waals surface area contributed by atoms with Gasteiger partial charge >= 0.3 is 0 Å². The molecule has 0 saturated carbocycles. The highest BCUT2D eigenvalue weighted by Gasteiger charge is 2.32. The summed E-state index contributed by atoms with van der Waals surface area (Å²) < 4.78 is 11.3. The lowest BCUT2D eigenvalue weighted by Crippen LogP contribution is -2.38. The molecule has 1 aliphatic rings. The summed E-state index contributed by atoms with van der Waals surface area (Å²) in [5.41, 5.74) is 3.99. The van der Waals surface area contributed by atoms with Gasteiger partial charge in [0, 0.05) is 6.61 Å². The van der Waals surface area contributed by atoms with Crippen LogP contribution in [-0.2, 0) is 4.74 Å². The van der Waals surface area contributed by atoms with Crippen LogP contribution < -0.4 is 16.0 Å². The summed E-state index contributed by atoms with van der Waals surface area (Å²) in [5, 5.41) is 0. The van der Waals surface area contributed by atoms with Crippen LogP contribution >= 0.6 is 0 Å². The van der Waals surface area contributed by atoms with E-state index in [-0.39, 0.29) is 12.1 Å². The lowest BCUT2D eigenvalue weighted by Gasteiger charge is -2.26. The molecule has 0 bridgehead atoms. The Morgan fingerprint density at radius 2 is 2.39 bits per heavy atom. The number of benzene rings is 1. The third-order valence-corrected chi connectivity index (χ3v) is 3.48. The molecule has 1 heterocycles. The Balaban J connectivity index is 2.18. The largest absolute Gasteiger partial charge is 0.494 e. The highest BCUT2D eigenvalue weighted by Crippen LogP contribution is 2.32. The average molecular weight is 250 g/mol. The monoisotopic (exact) mass is 250 g/mol. The van der Waals surface area contributed by atoms with E-state index in [1.165, 1.54) is 0 Å². The van der Waals surface area contributed by atoms with Crippen molar-refractivity contribution in [2.24, 2.45) is 11.8 Å². The first-order valence-corrected chi connectivity index (χ1v) is 6.56. The van der Waals surface area contributed by atoms with Crippen molar-refractivity contribution in [1.29, 1.82) is 0 Å². The van der Waals surface area contributed by atoms with Crippen LogP contribution in [-0.4, -0.2) is 19.3 Å². The van der Waals surface area contributed by atoms with Crippen LogP contribution in [0.2, 0.25) is 0 Å². The molecule has 1 saturated heterocycles. The first-order valence-electron chi connectivity index (χ1n) is 6.56. The second-order valence-corrected chi connectivity index (χ2v) is 4.75. The Hall–Kier alpha value is -1.10. The Morgan fingerprint density at radius 3 is 3.00 bits per heavy atom. The topological polar surface area (TPSA) is 56.5 Å². The molecule has 2 rings (SSSR count). The highest BCUT2D eigenvalue weighted by atomic mass is 16.5. The Morgan fingerprint density at radius 1 is 1.56 bits per heavy atom. The predicted molar refractivity (Wildman–Crippen MR) is 71.2 cm³/mol. The number of hydrazine groups is 1. The van der Waals surface area contributed by atoms with Crippen molar-refractivity contribution in [1.82, 2.24) is 5.43 Å². The van der Waals surface area contributed by atoms with Gasteiger partial charge in [-0.05, 0) is 37.0 Å². The maximum Gasteiger partial charge on any atom is 0.119 e. The third-order valence-electron chi connectivity index (χ3n) is 3.48. The number of nitrogens with two attached hydrogens (primary N) is 1. The molecule has 0 radical (unpaired) electrons. The van der Waals surface area contributed by atoms with Gasteiger partial charge in [-0.2, -0.15) is 0 Å². The lowest BCUT2D eigenvalue weighted by molar-refractivity contribution is 0.0606. The van der Waals surface area contributed by atoms with Crippen LogP contribution in [0.1, 0.15) is 31.9 Å². The summed E-state index contributed by atoms with van der Waals surface area (Å²) >= 11 is 0. The highest BCUT2D eigenvalue weighted by molar-refractivity contribution is 5.31. The minimum absolute atomic E-state index is 0.0166. The molecule has 3 unspecified atom stereocenters. The van der Waals surface area contributed by atoms with Crippen molar-refractivity contribution >= 4 is 0 Å². The molecule has 1 aromatic carbocycles. The van der Waals surface area contributed by atoms with Crippen LogP contribution in [0.15, 0.2) is 24.3 Å². The van der Waals surface area contributed by atoms with E-state index in [9.17, 15) is 0 Å². The molecule has 0 amide bonds. The predicted octanol–water partition coefficient (Wildman–Crippen LogP) is 2.01. The fourth-order valence-corrected chi connectivity index (χ4v) is 2.49. The molecule has 100 valence electrons. The van der Waals surface area contributed by atoms with Crippen molar-refractivity contribution in [3.8, 4) is 5.75 Å². The summed E-state index contributed by atoms with van der Waals surface area (Å²) in [6.07, 6.45) is 1.22. The van der Waals surface area contributed by atoms with E-state index in [4.69, 9.17) is 15.3 Å². The van der Waals surface area contributed by atoms with Crippen LogP contribution in [0, 0.1) is 5.92 Å². The molecule has 0 aliphatic carbocycles. The second-order valence-electron chi connectivity index (χ2n) is 4.75. The van der Waals surface area contributed by atoms with Crippen molar-refractivity contribution in [2.75, 3.05) is 13.2 Å². The maximum atomic E-state index is 5.79. The molecule has 0 spiro atoms. The van der Waals surface area contributed by atoms with Gasteiger partial charge in [0.15, 0.2) is 0 Å². The minimum Gasteiger partial charge on any atom is -0.494 e. The summed E-state index contributed by atoms with van der Waals surface area (Å²) in [4.78, 5) is 0. The quantitative estimate of drug-likeness (QED) is 0.620. The zero-order valence-corrected chi connectivity index (χ0v) is 11.1. The number of hydrogen-bond donors (Lipinski definition) is 2. The summed E-state index contributed by atoms with van der Waals surface area (Å²) in [6, 6.07) is 8.05. The first kappa shape index (κ1) is 13.3. The zero-order valence-electron chi connectivity index (χ0n) is 11.1. The maximum absolute atomic E-state index is 5.79. The number of rotatable bonds is 5. The van der Waals surface area contributed by atoms with Crippen LogP contribution in [0.5, 0.6) is 5.75 Å². The Bertz CT molecular complexity index is 384. The molecule has 3 atom stereocenters. The van der Waals surface area contributed by atoms with Gasteiger partial charge in [0.25, 0.3) is 0 Å². The van der Waals surface area contributed by atoms with Crippen LogP contribution in [0.25, 0.3) is 0 Å². The molecule has 4 nitrogen and oxygen atoms in total. The minimum atomic E-state index is 0.0166. The Labute approximate surface area is 108 Å². The van der Waals surface area contributed by atoms with Gasteiger partial charge in [0.05, 0.1) is 18.8 Å². The number of ether oxygens (including phenoxy) is 2. The molecule has 18 heavy (non-hydrogen) atoms. The average Bonchev–Trinajstić information content (AvgIpc) is 2.78. The van der Waals surface area contributed by atoms with Gasteiger partial charge in [-0.1, -0.05) is 19.1 Å². The normalized spacial score (nSPS) is 25.1. The number of nitrogens with one attached hydrogen (secondary N) is 1. The Kier molecular flexibility index (Phi) is 4.58. The van der Waals surface area contributed by atoms with E-state index in [0.717, 1.165) is 24.3 Å². The van der Waals surface area contributed by atoms with Crippen molar-refractivity contribution in [2.45, 2.75) is 32.4 Å². The molecular formula is C14H22N2O2. The van der Waals surface area contributed by atoms with Crippen LogP contribution in [0.4, 0.5) is 0 Å². The van der Waals surface area contributed by atoms with E-state index in [1.54, 1.807) is 0 Å². The SMILES string of the molecule is CCOc1cccc(C(NN)C2OCCC2C)c1. The van der Waals surface area contributed by atoms with E-state index in [1.807, 2.05) is 25.1 Å². The number of hydrogen-bond acceptors (Lipinski definition) is 4. The van der Waals surface area contributed by atoms with Gasteiger partial charge in [-0.15, -0.1) is 0 Å². The van der Waals surface area contributed by atoms with E-state index in [0.29, 0.717) is 12.5 Å². The fraction of sp³-hybridized carbons (Fsp3) is 0.571. The molecule has 3 N–H and O–H groups in total. The molecule has 0 aromatic heterocycles. The molecule has 1 fully saturated rings. The molecule has 4 heteroatoms. The van der Waals surface area contributed by atoms with Gasteiger partial charge in [0.1, 0.15) is 5.75 Å². The van der Waals surface area contributed by atoms with E-state index in [2.05, 4.69) is 18.4 Å².